The molecule has 0 bridgehead atoms. The molecule has 72 valence electrons. The van der Waals surface area contributed by atoms with Crippen LogP contribution in [0.4, 0.5) is 4.79 Å². The van der Waals surface area contributed by atoms with Crippen molar-refractivity contribution in [1.82, 2.24) is 10.3 Å². The van der Waals surface area contributed by atoms with Crippen molar-refractivity contribution in [3.05, 3.63) is 5.70 Å². The van der Waals surface area contributed by atoms with Gasteiger partial charge in [-0.2, -0.15) is 0 Å². The van der Waals surface area contributed by atoms with E-state index in [1.54, 1.807) is 5.94 Å². The molecular weight excluding hydrogens is 174 g/mol. The number of nitrogens with two attached hydrogens (primary N) is 1. The second-order valence-corrected chi connectivity index (χ2v) is 2.84. The van der Waals surface area contributed by atoms with E-state index in [4.69, 9.17) is 10.9 Å². The molecule has 0 radical (unpaired) electrons. The van der Waals surface area contributed by atoms with Gasteiger partial charge in [-0.1, -0.05) is 0 Å². The van der Waals surface area contributed by atoms with Crippen LogP contribution in [-0.2, 0) is 4.79 Å². The van der Waals surface area contributed by atoms with E-state index >= 15 is 0 Å². The van der Waals surface area contributed by atoms with Gasteiger partial charge in [0, 0.05) is 19.0 Å². The standard InChI is InChI=1S/C7H11N3O3/c8-9-5-1-2-10(7(12)13)6(3-5)4-11/h5,9H,1-3,8H2,(H,12,13). The molecule has 0 aromatic carbocycles. The molecule has 0 aromatic heterocycles. The number of likely N-dealkylation sites (tertiary alicyclic amines) is 1. The first-order chi connectivity index (χ1) is 6.19. The zero-order valence-electron chi connectivity index (χ0n) is 6.99. The van der Waals surface area contributed by atoms with Crippen molar-refractivity contribution in [3.8, 4) is 0 Å². The van der Waals surface area contributed by atoms with Gasteiger partial charge in [0.05, 0.1) is 0 Å². The number of nitrogens with one attached hydrogen (secondary N) is 1. The minimum atomic E-state index is -1.12. The summed E-state index contributed by atoms with van der Waals surface area (Å²) in [5, 5.41) is 8.67. The minimum absolute atomic E-state index is 0.0351. The van der Waals surface area contributed by atoms with Crippen LogP contribution < -0.4 is 11.3 Å². The van der Waals surface area contributed by atoms with Crippen LogP contribution in [0.3, 0.4) is 0 Å². The molecule has 1 atom stereocenters. The minimum Gasteiger partial charge on any atom is -0.465 e. The number of carbonyl (C=O) groups excluding carboxylic acids is 1. The van der Waals surface area contributed by atoms with Crippen molar-refractivity contribution in [3.63, 3.8) is 0 Å². The Morgan fingerprint density at radius 1 is 1.77 bits per heavy atom. The summed E-state index contributed by atoms with van der Waals surface area (Å²) in [6.45, 7) is 0.286. The van der Waals surface area contributed by atoms with Crippen molar-refractivity contribution in [2.24, 2.45) is 5.84 Å². The van der Waals surface area contributed by atoms with Gasteiger partial charge in [0.2, 0.25) is 0 Å². The van der Waals surface area contributed by atoms with E-state index in [-0.39, 0.29) is 18.3 Å². The number of amides is 1. The molecule has 0 aliphatic carbocycles. The number of hydrogen-bond donors (Lipinski definition) is 3. The summed E-state index contributed by atoms with van der Waals surface area (Å²) in [5.41, 5.74) is 2.65. The molecule has 1 rings (SSSR count). The molecule has 1 saturated heterocycles. The summed E-state index contributed by atoms with van der Waals surface area (Å²) in [6, 6.07) is -0.0351. The maximum Gasteiger partial charge on any atom is 0.412 e. The highest BCUT2D eigenvalue weighted by atomic mass is 16.4. The van der Waals surface area contributed by atoms with Crippen molar-refractivity contribution in [2.45, 2.75) is 18.9 Å². The van der Waals surface area contributed by atoms with Crippen LogP contribution in [-0.4, -0.2) is 34.6 Å². The van der Waals surface area contributed by atoms with E-state index in [2.05, 4.69) is 5.43 Å². The lowest BCUT2D eigenvalue weighted by molar-refractivity contribution is 0.147. The predicted octanol–water partition coefficient (Wildman–Crippen LogP) is -0.692. The molecule has 1 fully saturated rings. The van der Waals surface area contributed by atoms with E-state index in [1.807, 2.05) is 0 Å². The molecule has 1 unspecified atom stereocenters. The van der Waals surface area contributed by atoms with Crippen LogP contribution in [0.15, 0.2) is 5.70 Å². The first-order valence-electron chi connectivity index (χ1n) is 3.89. The Bertz CT molecular complexity index is 260. The number of hydrazine groups is 1. The summed E-state index contributed by atoms with van der Waals surface area (Å²) in [4.78, 5) is 22.0. The summed E-state index contributed by atoms with van der Waals surface area (Å²) in [6.07, 6.45) is -0.200. The SMILES string of the molecule is NNC1CCN(C(=O)O)C(=C=O)C1. The molecule has 1 aliphatic heterocycles. The second-order valence-electron chi connectivity index (χ2n) is 2.84. The second kappa shape index (κ2) is 4.04. The lowest BCUT2D eigenvalue weighted by Crippen LogP contribution is -2.45. The van der Waals surface area contributed by atoms with Crippen molar-refractivity contribution in [1.29, 1.82) is 0 Å². The Morgan fingerprint density at radius 3 is 2.92 bits per heavy atom. The molecule has 4 N–H and O–H groups in total. The summed E-state index contributed by atoms with van der Waals surface area (Å²) in [5.74, 6) is 6.80. The van der Waals surface area contributed by atoms with E-state index in [0.717, 1.165) is 4.90 Å². The molecule has 13 heavy (non-hydrogen) atoms. The van der Waals surface area contributed by atoms with E-state index in [0.29, 0.717) is 12.8 Å². The molecule has 1 aliphatic rings. The van der Waals surface area contributed by atoms with E-state index in [1.165, 1.54) is 0 Å². The van der Waals surface area contributed by atoms with Crippen LogP contribution in [0.1, 0.15) is 12.8 Å². The molecule has 6 heteroatoms. The number of nitrogens with zero attached hydrogens (tertiary/aromatic N) is 1. The Kier molecular flexibility index (Phi) is 3.02. The molecular formula is C7H11N3O3. The largest absolute Gasteiger partial charge is 0.465 e. The Labute approximate surface area is 75.0 Å². The van der Waals surface area contributed by atoms with Gasteiger partial charge < -0.3 is 5.11 Å². The van der Waals surface area contributed by atoms with Crippen LogP contribution in [0.5, 0.6) is 0 Å². The lowest BCUT2D eigenvalue weighted by Gasteiger charge is -2.29. The van der Waals surface area contributed by atoms with Crippen molar-refractivity contribution < 1.29 is 14.7 Å². The maximum absolute atomic E-state index is 10.6. The molecule has 0 spiro atoms. The normalized spacial score (nSPS) is 22.7. The Hall–Kier alpha value is -1.36. The zero-order chi connectivity index (χ0) is 9.84. The fourth-order valence-electron chi connectivity index (χ4n) is 1.32. The number of hydrogen-bond acceptors (Lipinski definition) is 4. The van der Waals surface area contributed by atoms with Crippen molar-refractivity contribution in [2.75, 3.05) is 6.54 Å². The average molecular weight is 185 g/mol. The number of rotatable bonds is 1. The first-order valence-corrected chi connectivity index (χ1v) is 3.89. The molecule has 0 aromatic rings. The topological polar surface area (TPSA) is 95.7 Å². The summed E-state index contributed by atoms with van der Waals surface area (Å²) < 4.78 is 0. The quantitative estimate of drug-likeness (QED) is 0.285. The fraction of sp³-hybridized carbons (Fsp3) is 0.571. The average Bonchev–Trinajstić information content (AvgIpc) is 2.16. The lowest BCUT2D eigenvalue weighted by atomic mass is 10.0. The number of carbonyl (C=O) groups is 1. The number of piperidine rings is 1. The van der Waals surface area contributed by atoms with Crippen molar-refractivity contribution >= 4 is 12.0 Å². The van der Waals surface area contributed by atoms with Crippen LogP contribution in [0.25, 0.3) is 0 Å². The van der Waals surface area contributed by atoms with Gasteiger partial charge in [0.25, 0.3) is 0 Å². The van der Waals surface area contributed by atoms with Gasteiger partial charge >= 0.3 is 6.09 Å². The van der Waals surface area contributed by atoms with Gasteiger partial charge in [0.15, 0.2) is 0 Å². The highest BCUT2D eigenvalue weighted by molar-refractivity contribution is 5.72. The third-order valence-corrected chi connectivity index (χ3v) is 2.05. The Balaban J connectivity index is 2.72. The van der Waals surface area contributed by atoms with Crippen LogP contribution in [0.2, 0.25) is 0 Å². The van der Waals surface area contributed by atoms with Gasteiger partial charge in [-0.15, -0.1) is 0 Å². The van der Waals surface area contributed by atoms with Gasteiger partial charge in [0.1, 0.15) is 11.6 Å². The first kappa shape index (κ1) is 9.73. The van der Waals surface area contributed by atoms with Gasteiger partial charge in [-0.05, 0) is 6.42 Å². The maximum atomic E-state index is 10.6. The molecule has 6 nitrogen and oxygen atoms in total. The summed E-state index contributed by atoms with van der Waals surface area (Å²) >= 11 is 0. The zero-order valence-corrected chi connectivity index (χ0v) is 6.99. The van der Waals surface area contributed by atoms with Gasteiger partial charge in [-0.25, -0.2) is 9.59 Å². The third-order valence-electron chi connectivity index (χ3n) is 2.05. The van der Waals surface area contributed by atoms with Crippen LogP contribution >= 0.6 is 0 Å². The third kappa shape index (κ3) is 2.06. The fourth-order valence-corrected chi connectivity index (χ4v) is 1.32. The molecule has 0 saturated carbocycles. The van der Waals surface area contributed by atoms with Crippen LogP contribution in [0, 0.1) is 0 Å². The monoisotopic (exact) mass is 185 g/mol. The van der Waals surface area contributed by atoms with Gasteiger partial charge in [-0.3, -0.25) is 16.2 Å². The number of carboxylic acid groups (broad SMARTS) is 1. The Morgan fingerprint density at radius 2 is 2.46 bits per heavy atom. The summed E-state index contributed by atoms with van der Waals surface area (Å²) in [7, 11) is 0. The van der Waals surface area contributed by atoms with E-state index < -0.39 is 6.09 Å². The predicted molar refractivity (Wildman–Crippen MR) is 44.3 cm³/mol. The highest BCUT2D eigenvalue weighted by Gasteiger charge is 2.26. The van der Waals surface area contributed by atoms with E-state index in [9.17, 15) is 9.59 Å². The highest BCUT2D eigenvalue weighted by Crippen LogP contribution is 2.18. The smallest absolute Gasteiger partial charge is 0.412 e. The molecule has 1 heterocycles. The molecule has 1 amide bonds.